The van der Waals surface area contributed by atoms with Crippen LogP contribution in [0.3, 0.4) is 0 Å². The fourth-order valence-corrected chi connectivity index (χ4v) is 2.77. The van der Waals surface area contributed by atoms with Gasteiger partial charge in [-0.3, -0.25) is 4.79 Å². The quantitative estimate of drug-likeness (QED) is 0.697. The van der Waals surface area contributed by atoms with Gasteiger partial charge in [-0.15, -0.1) is 0 Å². The summed E-state index contributed by atoms with van der Waals surface area (Å²) >= 11 is 0. The first-order valence-electron chi connectivity index (χ1n) is 8.58. The number of halogens is 1. The Labute approximate surface area is 157 Å². The summed E-state index contributed by atoms with van der Waals surface area (Å²) in [4.78, 5) is 12.6. The fraction of sp³-hybridized carbons (Fsp3) is 0.238. The standard InChI is InChI=1S/C21H21FN2O3/c1-12-6-8-19(14(3)9-12)26-11-16-15(4)27-24-20(16)21(25)23-18-10-13(2)5-7-17(18)22/h5-10H,11H2,1-4H3,(H,23,25). The van der Waals surface area contributed by atoms with E-state index in [9.17, 15) is 9.18 Å². The maximum Gasteiger partial charge on any atom is 0.278 e. The van der Waals surface area contributed by atoms with Gasteiger partial charge in [0.15, 0.2) is 5.69 Å². The highest BCUT2D eigenvalue weighted by Crippen LogP contribution is 2.23. The summed E-state index contributed by atoms with van der Waals surface area (Å²) in [7, 11) is 0. The topological polar surface area (TPSA) is 64.4 Å². The van der Waals surface area contributed by atoms with Gasteiger partial charge in [-0.25, -0.2) is 4.39 Å². The minimum Gasteiger partial charge on any atom is -0.488 e. The molecule has 0 saturated heterocycles. The van der Waals surface area contributed by atoms with Gasteiger partial charge in [-0.1, -0.05) is 28.9 Å². The minimum atomic E-state index is -0.546. The Bertz CT molecular complexity index is 995. The number of hydrogen-bond donors (Lipinski definition) is 1. The molecule has 0 spiro atoms. The Morgan fingerprint density at radius 3 is 2.56 bits per heavy atom. The van der Waals surface area contributed by atoms with Crippen molar-refractivity contribution in [1.29, 1.82) is 0 Å². The molecule has 0 bridgehead atoms. The zero-order chi connectivity index (χ0) is 19.6. The van der Waals surface area contributed by atoms with E-state index in [4.69, 9.17) is 9.26 Å². The van der Waals surface area contributed by atoms with Crippen molar-refractivity contribution in [3.63, 3.8) is 0 Å². The predicted molar refractivity (Wildman–Crippen MR) is 101 cm³/mol. The summed E-state index contributed by atoms with van der Waals surface area (Å²) in [5, 5.41) is 6.37. The smallest absolute Gasteiger partial charge is 0.278 e. The van der Waals surface area contributed by atoms with Gasteiger partial charge < -0.3 is 14.6 Å². The number of nitrogens with zero attached hydrogens (tertiary/aromatic N) is 1. The Hall–Kier alpha value is -3.15. The summed E-state index contributed by atoms with van der Waals surface area (Å²) in [5.41, 5.74) is 3.68. The molecule has 3 rings (SSSR count). The molecule has 6 heteroatoms. The zero-order valence-corrected chi connectivity index (χ0v) is 15.7. The first-order chi connectivity index (χ1) is 12.8. The van der Waals surface area contributed by atoms with Crippen LogP contribution in [0, 0.1) is 33.5 Å². The van der Waals surface area contributed by atoms with Gasteiger partial charge in [0.1, 0.15) is 23.9 Å². The van der Waals surface area contributed by atoms with Crippen molar-refractivity contribution in [2.24, 2.45) is 0 Å². The van der Waals surface area contributed by atoms with Gasteiger partial charge in [-0.05, 0) is 57.0 Å². The molecule has 1 heterocycles. The van der Waals surface area contributed by atoms with Gasteiger partial charge in [0.05, 0.1) is 11.3 Å². The van der Waals surface area contributed by atoms with E-state index in [0.29, 0.717) is 11.3 Å². The van der Waals surface area contributed by atoms with E-state index in [0.717, 1.165) is 22.4 Å². The number of hydrogen-bond acceptors (Lipinski definition) is 4. The number of benzene rings is 2. The number of nitrogens with one attached hydrogen (secondary N) is 1. The van der Waals surface area contributed by atoms with Gasteiger partial charge in [0.2, 0.25) is 0 Å². The maximum absolute atomic E-state index is 13.9. The van der Waals surface area contributed by atoms with Gasteiger partial charge >= 0.3 is 0 Å². The Balaban J connectivity index is 1.79. The number of ether oxygens (including phenoxy) is 1. The van der Waals surface area contributed by atoms with Crippen LogP contribution in [0.5, 0.6) is 5.75 Å². The van der Waals surface area contributed by atoms with Crippen molar-refractivity contribution in [3.8, 4) is 5.75 Å². The number of rotatable bonds is 5. The molecule has 1 amide bonds. The molecule has 0 aliphatic rings. The van der Waals surface area contributed by atoms with Crippen molar-refractivity contribution in [2.45, 2.75) is 34.3 Å². The lowest BCUT2D eigenvalue weighted by atomic mass is 10.1. The Morgan fingerprint density at radius 2 is 1.81 bits per heavy atom. The molecule has 27 heavy (non-hydrogen) atoms. The van der Waals surface area contributed by atoms with E-state index in [-0.39, 0.29) is 18.0 Å². The Kier molecular flexibility index (Phi) is 5.26. The molecule has 0 fully saturated rings. The van der Waals surface area contributed by atoms with Crippen LogP contribution in [-0.4, -0.2) is 11.1 Å². The third-order valence-electron chi connectivity index (χ3n) is 4.27. The van der Waals surface area contributed by atoms with E-state index in [2.05, 4.69) is 10.5 Å². The highest BCUT2D eigenvalue weighted by molar-refractivity contribution is 6.04. The van der Waals surface area contributed by atoms with Crippen molar-refractivity contribution < 1.29 is 18.4 Å². The fourth-order valence-electron chi connectivity index (χ4n) is 2.77. The average molecular weight is 368 g/mol. The molecule has 2 aromatic carbocycles. The largest absolute Gasteiger partial charge is 0.488 e. The van der Waals surface area contributed by atoms with E-state index >= 15 is 0 Å². The van der Waals surface area contributed by atoms with Crippen LogP contribution in [0.2, 0.25) is 0 Å². The van der Waals surface area contributed by atoms with Crippen LogP contribution in [0.15, 0.2) is 40.9 Å². The van der Waals surface area contributed by atoms with Crippen LogP contribution in [-0.2, 0) is 6.61 Å². The summed E-state index contributed by atoms with van der Waals surface area (Å²) in [6, 6.07) is 10.4. The van der Waals surface area contributed by atoms with Crippen LogP contribution < -0.4 is 10.1 Å². The van der Waals surface area contributed by atoms with Gasteiger partial charge in [0.25, 0.3) is 5.91 Å². The van der Waals surface area contributed by atoms with Crippen molar-refractivity contribution in [1.82, 2.24) is 5.16 Å². The van der Waals surface area contributed by atoms with Crippen LogP contribution >= 0.6 is 0 Å². The first-order valence-corrected chi connectivity index (χ1v) is 8.58. The lowest BCUT2D eigenvalue weighted by Crippen LogP contribution is -2.16. The molecule has 0 aliphatic carbocycles. The molecule has 0 unspecified atom stereocenters. The number of carbonyl (C=O) groups excluding carboxylic acids is 1. The molecular formula is C21H21FN2O3. The molecule has 1 aromatic heterocycles. The maximum atomic E-state index is 13.9. The third-order valence-corrected chi connectivity index (χ3v) is 4.27. The summed E-state index contributed by atoms with van der Waals surface area (Å²) < 4.78 is 24.9. The molecule has 0 aliphatic heterocycles. The molecule has 0 radical (unpaired) electrons. The monoisotopic (exact) mass is 368 g/mol. The highest BCUT2D eigenvalue weighted by atomic mass is 19.1. The van der Waals surface area contributed by atoms with Crippen LogP contribution in [0.25, 0.3) is 0 Å². The van der Waals surface area contributed by atoms with Crippen LogP contribution in [0.1, 0.15) is 38.5 Å². The summed E-state index contributed by atoms with van der Waals surface area (Å²) in [5.74, 6) is 0.143. The molecule has 3 aromatic rings. The van der Waals surface area contributed by atoms with E-state index in [1.807, 2.05) is 39.0 Å². The number of anilines is 1. The third kappa shape index (κ3) is 4.16. The van der Waals surface area contributed by atoms with E-state index in [1.54, 1.807) is 19.1 Å². The molecule has 5 nitrogen and oxygen atoms in total. The second-order valence-corrected chi connectivity index (χ2v) is 6.56. The minimum absolute atomic E-state index is 0.0816. The zero-order valence-electron chi connectivity index (χ0n) is 15.7. The van der Waals surface area contributed by atoms with Crippen LogP contribution in [0.4, 0.5) is 10.1 Å². The number of carbonyl (C=O) groups is 1. The SMILES string of the molecule is Cc1ccc(OCc2c(C(=O)Nc3cc(C)ccc3F)noc2C)c(C)c1. The molecule has 140 valence electrons. The molecule has 0 atom stereocenters. The lowest BCUT2D eigenvalue weighted by molar-refractivity contribution is 0.101. The molecular weight excluding hydrogens is 347 g/mol. The lowest BCUT2D eigenvalue weighted by Gasteiger charge is -2.10. The van der Waals surface area contributed by atoms with Gasteiger partial charge in [-0.2, -0.15) is 0 Å². The van der Waals surface area contributed by atoms with E-state index < -0.39 is 11.7 Å². The second kappa shape index (κ2) is 7.61. The normalized spacial score (nSPS) is 10.7. The van der Waals surface area contributed by atoms with E-state index in [1.165, 1.54) is 6.07 Å². The van der Waals surface area contributed by atoms with Crippen molar-refractivity contribution in [2.75, 3.05) is 5.32 Å². The van der Waals surface area contributed by atoms with Crippen molar-refractivity contribution >= 4 is 11.6 Å². The first kappa shape index (κ1) is 18.6. The summed E-state index contributed by atoms with van der Waals surface area (Å²) in [6.45, 7) is 7.61. The van der Waals surface area contributed by atoms with Gasteiger partial charge in [0, 0.05) is 0 Å². The molecule has 0 saturated carbocycles. The van der Waals surface area contributed by atoms with Crippen molar-refractivity contribution in [3.05, 3.63) is 75.9 Å². The highest BCUT2D eigenvalue weighted by Gasteiger charge is 2.21. The summed E-state index contributed by atoms with van der Waals surface area (Å²) in [6.07, 6.45) is 0. The average Bonchev–Trinajstić information content (AvgIpc) is 2.98. The number of amides is 1. The Morgan fingerprint density at radius 1 is 1.11 bits per heavy atom. The second-order valence-electron chi connectivity index (χ2n) is 6.56. The molecule has 1 N–H and O–H groups in total. The number of aryl methyl sites for hydroxylation is 4. The predicted octanol–water partition coefficient (Wildman–Crippen LogP) is 4.88. The number of aromatic nitrogens is 1.